The first-order chi connectivity index (χ1) is 11.2. The molecule has 1 fully saturated rings. The number of thiazole rings is 1. The van der Waals surface area contributed by atoms with Crippen LogP contribution < -0.4 is 5.32 Å². The molecular weight excluding hydrogens is 365 g/mol. The molecule has 1 aliphatic carbocycles. The highest BCUT2D eigenvalue weighted by atomic mass is 35.5. The normalized spacial score (nSPS) is 14.9. The summed E-state index contributed by atoms with van der Waals surface area (Å²) in [4.78, 5) is 17.3. The van der Waals surface area contributed by atoms with Crippen LogP contribution in [0.15, 0.2) is 0 Å². The molecule has 1 amide bonds. The third-order valence-electron chi connectivity index (χ3n) is 3.73. The minimum atomic E-state index is -4.65. The Balaban J connectivity index is 1.82. The van der Waals surface area contributed by atoms with Crippen molar-refractivity contribution in [3.8, 4) is 0 Å². The lowest BCUT2D eigenvalue weighted by Gasteiger charge is -2.06. The molecule has 2 aromatic heterocycles. The van der Waals surface area contributed by atoms with Crippen LogP contribution in [0.1, 0.15) is 40.7 Å². The number of anilines is 1. The average molecular weight is 379 g/mol. The van der Waals surface area contributed by atoms with E-state index in [2.05, 4.69) is 15.4 Å². The van der Waals surface area contributed by atoms with E-state index in [9.17, 15) is 18.0 Å². The first-order valence-corrected chi connectivity index (χ1v) is 8.43. The molecule has 0 unspecified atom stereocenters. The van der Waals surface area contributed by atoms with E-state index in [0.717, 1.165) is 28.1 Å². The highest BCUT2D eigenvalue weighted by molar-refractivity contribution is 7.15. The van der Waals surface area contributed by atoms with E-state index in [0.29, 0.717) is 5.13 Å². The van der Waals surface area contributed by atoms with Gasteiger partial charge in [0.05, 0.1) is 16.4 Å². The Hall–Kier alpha value is -1.61. The van der Waals surface area contributed by atoms with Crippen LogP contribution in [0.3, 0.4) is 0 Å². The third-order valence-corrected chi connectivity index (χ3v) is 5.09. The van der Waals surface area contributed by atoms with Crippen LogP contribution in [0.5, 0.6) is 0 Å². The van der Waals surface area contributed by atoms with Crippen molar-refractivity contribution in [1.82, 2.24) is 14.8 Å². The van der Waals surface area contributed by atoms with Crippen molar-refractivity contribution in [2.24, 2.45) is 0 Å². The van der Waals surface area contributed by atoms with Crippen LogP contribution in [0.25, 0.3) is 0 Å². The van der Waals surface area contributed by atoms with Crippen LogP contribution in [-0.4, -0.2) is 20.7 Å². The predicted octanol–water partition coefficient (Wildman–Crippen LogP) is 4.14. The molecule has 2 heterocycles. The summed E-state index contributed by atoms with van der Waals surface area (Å²) in [6.07, 6.45) is -3.16. The second-order valence-electron chi connectivity index (χ2n) is 5.69. The molecule has 10 heteroatoms. The van der Waals surface area contributed by atoms with Gasteiger partial charge in [0, 0.05) is 10.8 Å². The van der Waals surface area contributed by atoms with E-state index in [-0.39, 0.29) is 18.2 Å². The summed E-state index contributed by atoms with van der Waals surface area (Å²) in [5, 5.41) is 6.13. The molecule has 0 aromatic carbocycles. The van der Waals surface area contributed by atoms with E-state index >= 15 is 0 Å². The summed E-state index contributed by atoms with van der Waals surface area (Å²) in [6, 6.07) is 0. The summed E-state index contributed by atoms with van der Waals surface area (Å²) in [5.74, 6) is -0.559. The first-order valence-electron chi connectivity index (χ1n) is 7.24. The zero-order valence-corrected chi connectivity index (χ0v) is 14.4. The zero-order valence-electron chi connectivity index (χ0n) is 12.9. The second kappa shape index (κ2) is 6.03. The Bertz CT molecular complexity index is 775. The number of alkyl halides is 3. The van der Waals surface area contributed by atoms with Crippen LogP contribution in [0.4, 0.5) is 18.3 Å². The SMILES string of the molecule is Cc1nc(NC(=O)Cn2nc(C(F)(F)F)c(Cl)c2C2CC2)sc1C. The van der Waals surface area contributed by atoms with Gasteiger partial charge in [-0.2, -0.15) is 18.3 Å². The van der Waals surface area contributed by atoms with Crippen molar-refractivity contribution < 1.29 is 18.0 Å². The number of nitrogens with one attached hydrogen (secondary N) is 1. The van der Waals surface area contributed by atoms with E-state index < -0.39 is 22.8 Å². The topological polar surface area (TPSA) is 59.8 Å². The van der Waals surface area contributed by atoms with Crippen LogP contribution >= 0.6 is 22.9 Å². The van der Waals surface area contributed by atoms with Gasteiger partial charge in [-0.3, -0.25) is 9.48 Å². The Morgan fingerprint density at radius 1 is 1.42 bits per heavy atom. The Labute approximate surface area is 144 Å². The average Bonchev–Trinajstić information content (AvgIpc) is 3.15. The van der Waals surface area contributed by atoms with Gasteiger partial charge in [-0.25, -0.2) is 4.98 Å². The van der Waals surface area contributed by atoms with Crippen molar-refractivity contribution in [3.63, 3.8) is 0 Å². The standard InChI is InChI=1S/C14H14ClF3N4OS/c1-6-7(2)24-13(19-6)20-9(23)5-22-11(8-3-4-8)10(15)12(21-22)14(16,17)18/h8H,3-5H2,1-2H3,(H,19,20,23). The molecule has 2 aromatic rings. The first kappa shape index (κ1) is 17.2. The van der Waals surface area contributed by atoms with Gasteiger partial charge < -0.3 is 5.32 Å². The quantitative estimate of drug-likeness (QED) is 0.869. The highest BCUT2D eigenvalue weighted by Gasteiger charge is 2.42. The second-order valence-corrected chi connectivity index (χ2v) is 7.27. The number of rotatable bonds is 4. The number of carbonyl (C=O) groups excluding carboxylic acids is 1. The van der Waals surface area contributed by atoms with Crippen molar-refractivity contribution in [1.29, 1.82) is 0 Å². The molecule has 3 rings (SSSR count). The summed E-state index contributed by atoms with van der Waals surface area (Å²) in [5.41, 5.74) is -0.0547. The number of hydrogen-bond acceptors (Lipinski definition) is 4. The number of halogens is 4. The molecule has 1 saturated carbocycles. The molecule has 24 heavy (non-hydrogen) atoms. The summed E-state index contributed by atoms with van der Waals surface area (Å²) >= 11 is 7.18. The number of amides is 1. The van der Waals surface area contributed by atoms with Gasteiger partial charge in [0.2, 0.25) is 5.91 Å². The van der Waals surface area contributed by atoms with Crippen molar-refractivity contribution in [3.05, 3.63) is 27.0 Å². The summed E-state index contributed by atoms with van der Waals surface area (Å²) in [7, 11) is 0. The lowest BCUT2D eigenvalue weighted by molar-refractivity contribution is -0.141. The van der Waals surface area contributed by atoms with E-state index in [1.165, 1.54) is 11.3 Å². The molecule has 0 bridgehead atoms. The molecule has 0 aliphatic heterocycles. The molecule has 0 atom stereocenters. The minimum absolute atomic E-state index is 0.0711. The highest BCUT2D eigenvalue weighted by Crippen LogP contribution is 2.46. The zero-order chi connectivity index (χ0) is 17.6. The molecule has 5 nitrogen and oxygen atoms in total. The van der Waals surface area contributed by atoms with Crippen LogP contribution in [-0.2, 0) is 17.5 Å². The fourth-order valence-electron chi connectivity index (χ4n) is 2.32. The lowest BCUT2D eigenvalue weighted by atomic mass is 10.2. The Morgan fingerprint density at radius 3 is 2.58 bits per heavy atom. The number of aryl methyl sites for hydroxylation is 2. The van der Waals surface area contributed by atoms with E-state index in [4.69, 9.17) is 11.6 Å². The fraction of sp³-hybridized carbons (Fsp3) is 0.500. The van der Waals surface area contributed by atoms with Gasteiger partial charge in [0.15, 0.2) is 10.8 Å². The number of carbonyl (C=O) groups is 1. The molecule has 1 aliphatic rings. The van der Waals surface area contributed by atoms with Gasteiger partial charge >= 0.3 is 6.18 Å². The minimum Gasteiger partial charge on any atom is -0.300 e. The molecule has 0 saturated heterocycles. The maximum atomic E-state index is 13.0. The Morgan fingerprint density at radius 2 is 2.08 bits per heavy atom. The molecular formula is C14H14ClF3N4OS. The number of aromatic nitrogens is 3. The maximum Gasteiger partial charge on any atom is 0.436 e. The predicted molar refractivity (Wildman–Crippen MR) is 84.4 cm³/mol. The lowest BCUT2D eigenvalue weighted by Crippen LogP contribution is -2.21. The van der Waals surface area contributed by atoms with E-state index in [1.807, 2.05) is 13.8 Å². The van der Waals surface area contributed by atoms with Gasteiger partial charge in [0.1, 0.15) is 6.54 Å². The van der Waals surface area contributed by atoms with Crippen molar-refractivity contribution in [2.75, 3.05) is 5.32 Å². The summed E-state index contributed by atoms with van der Waals surface area (Å²) in [6.45, 7) is 3.35. The van der Waals surface area contributed by atoms with Crippen molar-refractivity contribution >= 4 is 34.0 Å². The number of nitrogens with zero attached hydrogens (tertiary/aromatic N) is 3. The Kier molecular flexibility index (Phi) is 4.33. The largest absolute Gasteiger partial charge is 0.436 e. The van der Waals surface area contributed by atoms with Gasteiger partial charge in [-0.1, -0.05) is 11.6 Å². The summed E-state index contributed by atoms with van der Waals surface area (Å²) < 4.78 is 40.0. The van der Waals surface area contributed by atoms with Crippen LogP contribution in [0, 0.1) is 13.8 Å². The smallest absolute Gasteiger partial charge is 0.300 e. The van der Waals surface area contributed by atoms with E-state index in [1.54, 1.807) is 0 Å². The molecule has 0 spiro atoms. The van der Waals surface area contributed by atoms with Crippen molar-refractivity contribution in [2.45, 2.75) is 45.3 Å². The monoisotopic (exact) mass is 378 g/mol. The van der Waals surface area contributed by atoms with Gasteiger partial charge in [-0.05, 0) is 26.7 Å². The third kappa shape index (κ3) is 3.41. The molecule has 1 N–H and O–H groups in total. The van der Waals surface area contributed by atoms with Gasteiger partial charge in [-0.15, -0.1) is 11.3 Å². The molecule has 130 valence electrons. The maximum absolute atomic E-state index is 13.0. The van der Waals surface area contributed by atoms with Crippen LogP contribution in [0.2, 0.25) is 5.02 Å². The molecule has 0 radical (unpaired) electrons. The van der Waals surface area contributed by atoms with Gasteiger partial charge in [0.25, 0.3) is 0 Å². The fourth-order valence-corrected chi connectivity index (χ4v) is 3.55. The number of hydrogen-bond donors (Lipinski definition) is 1.